The van der Waals surface area contributed by atoms with Gasteiger partial charge in [0.05, 0.1) is 0 Å². The highest BCUT2D eigenvalue weighted by Crippen LogP contribution is 2.25. The van der Waals surface area contributed by atoms with Crippen molar-refractivity contribution in [3.05, 3.63) is 0 Å². The lowest BCUT2D eigenvalue weighted by molar-refractivity contribution is -0.156. The molecule has 0 spiro atoms. The van der Waals surface area contributed by atoms with Crippen LogP contribution in [0.25, 0.3) is 0 Å². The van der Waals surface area contributed by atoms with E-state index in [1.165, 1.54) is 0 Å². The van der Waals surface area contributed by atoms with Crippen LogP contribution in [0.2, 0.25) is 0 Å². The van der Waals surface area contributed by atoms with Gasteiger partial charge in [-0.1, -0.05) is 40.0 Å². The van der Waals surface area contributed by atoms with Gasteiger partial charge < -0.3 is 10.2 Å². The molecule has 110 valence electrons. The zero-order valence-corrected chi connectivity index (χ0v) is 13.0. The maximum absolute atomic E-state index is 12.6. The first-order valence-corrected chi connectivity index (χ1v) is 7.50. The molecule has 0 aromatic carbocycles. The summed E-state index contributed by atoms with van der Waals surface area (Å²) in [6.45, 7) is 10.7. The van der Waals surface area contributed by atoms with Crippen LogP contribution in [0.15, 0.2) is 0 Å². The third kappa shape index (κ3) is 3.28. The van der Waals surface area contributed by atoms with E-state index in [0.717, 1.165) is 25.7 Å². The lowest BCUT2D eigenvalue weighted by Crippen LogP contribution is -2.68. The van der Waals surface area contributed by atoms with Gasteiger partial charge in [0.25, 0.3) is 0 Å². The van der Waals surface area contributed by atoms with E-state index < -0.39 is 5.54 Å². The van der Waals surface area contributed by atoms with Crippen LogP contribution < -0.4 is 5.32 Å². The van der Waals surface area contributed by atoms with Crippen molar-refractivity contribution in [3.8, 4) is 0 Å². The molecule has 0 radical (unpaired) electrons. The first-order chi connectivity index (χ1) is 8.88. The fraction of sp³-hybridized carbons (Fsp3) is 0.867. The maximum Gasteiger partial charge on any atom is 0.246 e. The number of carbonyl (C=O) groups is 2. The molecule has 1 fully saturated rings. The Morgan fingerprint density at radius 3 is 2.26 bits per heavy atom. The zero-order valence-electron chi connectivity index (χ0n) is 13.0. The zero-order chi connectivity index (χ0) is 14.6. The second-order valence-electron chi connectivity index (χ2n) is 6.01. The number of carbonyl (C=O) groups excluding carboxylic acids is 2. The SMILES string of the molecule is CCCC1NC(=O)C(C)(C)N(CC(CC)CC)C1=O. The molecule has 1 N–H and O–H groups in total. The van der Waals surface area contributed by atoms with Gasteiger partial charge in [-0.2, -0.15) is 0 Å². The van der Waals surface area contributed by atoms with Gasteiger partial charge in [0, 0.05) is 6.54 Å². The number of piperazine rings is 1. The third-order valence-electron chi connectivity index (χ3n) is 4.27. The minimum Gasteiger partial charge on any atom is -0.342 e. The molecular weight excluding hydrogens is 240 g/mol. The van der Waals surface area contributed by atoms with Crippen molar-refractivity contribution in [3.63, 3.8) is 0 Å². The van der Waals surface area contributed by atoms with E-state index in [-0.39, 0.29) is 17.9 Å². The lowest BCUT2D eigenvalue weighted by atomic mass is 9.91. The summed E-state index contributed by atoms with van der Waals surface area (Å²) >= 11 is 0. The summed E-state index contributed by atoms with van der Waals surface area (Å²) in [5.74, 6) is 0.520. The van der Waals surface area contributed by atoms with Crippen LogP contribution in [0.3, 0.4) is 0 Å². The Hall–Kier alpha value is -1.06. The molecule has 2 amide bonds. The normalized spacial score (nSPS) is 22.8. The number of nitrogens with zero attached hydrogens (tertiary/aromatic N) is 1. The van der Waals surface area contributed by atoms with Crippen LogP contribution >= 0.6 is 0 Å². The van der Waals surface area contributed by atoms with E-state index in [1.807, 2.05) is 20.8 Å². The standard InChI is InChI=1S/C15H28N2O2/c1-6-9-12-13(18)17(10-11(7-2)8-3)15(4,5)14(19)16-12/h11-12H,6-10H2,1-5H3,(H,16,19). The van der Waals surface area contributed by atoms with Crippen molar-refractivity contribution in [1.29, 1.82) is 0 Å². The summed E-state index contributed by atoms with van der Waals surface area (Å²) in [6.07, 6.45) is 3.70. The predicted octanol–water partition coefficient (Wildman–Crippen LogP) is 2.33. The largest absolute Gasteiger partial charge is 0.342 e. The molecule has 0 aliphatic carbocycles. The average molecular weight is 268 g/mol. The second kappa shape index (κ2) is 6.40. The number of nitrogens with one attached hydrogen (secondary N) is 1. The molecule has 1 aliphatic heterocycles. The predicted molar refractivity (Wildman–Crippen MR) is 76.7 cm³/mol. The van der Waals surface area contributed by atoms with Crippen molar-refractivity contribution in [2.24, 2.45) is 5.92 Å². The highest BCUT2D eigenvalue weighted by atomic mass is 16.2. The molecule has 1 aliphatic rings. The van der Waals surface area contributed by atoms with Gasteiger partial charge in [-0.05, 0) is 26.2 Å². The summed E-state index contributed by atoms with van der Waals surface area (Å²) in [5, 5.41) is 2.87. The molecule has 1 rings (SSSR count). The Kier molecular flexibility index (Phi) is 5.39. The van der Waals surface area contributed by atoms with Crippen LogP contribution in [-0.2, 0) is 9.59 Å². The quantitative estimate of drug-likeness (QED) is 0.803. The minimum atomic E-state index is -0.732. The summed E-state index contributed by atoms with van der Waals surface area (Å²) in [7, 11) is 0. The molecule has 4 heteroatoms. The second-order valence-corrected chi connectivity index (χ2v) is 6.01. The molecule has 4 nitrogen and oxygen atoms in total. The van der Waals surface area contributed by atoms with Crippen molar-refractivity contribution >= 4 is 11.8 Å². The van der Waals surface area contributed by atoms with Gasteiger partial charge in [-0.3, -0.25) is 9.59 Å². The van der Waals surface area contributed by atoms with Gasteiger partial charge in [0.1, 0.15) is 11.6 Å². The number of rotatable bonds is 6. The molecular formula is C15H28N2O2. The van der Waals surface area contributed by atoms with Crippen LogP contribution in [0.4, 0.5) is 0 Å². The average Bonchev–Trinajstić information content (AvgIpc) is 2.37. The number of hydrogen-bond donors (Lipinski definition) is 1. The molecule has 19 heavy (non-hydrogen) atoms. The molecule has 0 aromatic heterocycles. The summed E-state index contributed by atoms with van der Waals surface area (Å²) < 4.78 is 0. The Morgan fingerprint density at radius 1 is 1.21 bits per heavy atom. The van der Waals surface area contributed by atoms with E-state index in [2.05, 4.69) is 19.2 Å². The van der Waals surface area contributed by atoms with Crippen LogP contribution in [0.5, 0.6) is 0 Å². The van der Waals surface area contributed by atoms with Crippen molar-refractivity contribution < 1.29 is 9.59 Å². The summed E-state index contributed by atoms with van der Waals surface area (Å²) in [6, 6.07) is -0.333. The Bertz CT molecular complexity index is 335. The van der Waals surface area contributed by atoms with E-state index in [1.54, 1.807) is 4.90 Å². The monoisotopic (exact) mass is 268 g/mol. The summed E-state index contributed by atoms with van der Waals surface area (Å²) in [4.78, 5) is 26.6. The molecule has 1 saturated heterocycles. The van der Waals surface area contributed by atoms with E-state index in [4.69, 9.17) is 0 Å². The highest BCUT2D eigenvalue weighted by Gasteiger charge is 2.46. The fourth-order valence-corrected chi connectivity index (χ4v) is 2.59. The first kappa shape index (κ1) is 16.0. The molecule has 1 atom stereocenters. The molecule has 1 heterocycles. The number of amides is 2. The van der Waals surface area contributed by atoms with Crippen molar-refractivity contribution in [1.82, 2.24) is 10.2 Å². The molecule has 1 unspecified atom stereocenters. The van der Waals surface area contributed by atoms with Gasteiger partial charge in [0.2, 0.25) is 11.8 Å². The Labute approximate surface area is 116 Å². The van der Waals surface area contributed by atoms with E-state index in [0.29, 0.717) is 12.5 Å². The molecule has 0 saturated carbocycles. The highest BCUT2D eigenvalue weighted by molar-refractivity contribution is 5.99. The van der Waals surface area contributed by atoms with Gasteiger partial charge >= 0.3 is 0 Å². The Balaban J connectivity index is 2.93. The molecule has 0 bridgehead atoms. The minimum absolute atomic E-state index is 0.0310. The third-order valence-corrected chi connectivity index (χ3v) is 4.27. The molecule has 0 aromatic rings. The van der Waals surface area contributed by atoms with E-state index >= 15 is 0 Å². The smallest absolute Gasteiger partial charge is 0.246 e. The van der Waals surface area contributed by atoms with Gasteiger partial charge in [0.15, 0.2) is 0 Å². The number of hydrogen-bond acceptors (Lipinski definition) is 2. The van der Waals surface area contributed by atoms with E-state index in [9.17, 15) is 9.59 Å². The van der Waals surface area contributed by atoms with Crippen LogP contribution in [0, 0.1) is 5.92 Å². The van der Waals surface area contributed by atoms with Crippen LogP contribution in [0.1, 0.15) is 60.3 Å². The summed E-state index contributed by atoms with van der Waals surface area (Å²) in [5.41, 5.74) is -0.732. The van der Waals surface area contributed by atoms with Crippen molar-refractivity contribution in [2.45, 2.75) is 71.9 Å². The fourth-order valence-electron chi connectivity index (χ4n) is 2.59. The van der Waals surface area contributed by atoms with Gasteiger partial charge in [-0.15, -0.1) is 0 Å². The first-order valence-electron chi connectivity index (χ1n) is 7.50. The Morgan fingerprint density at radius 2 is 1.79 bits per heavy atom. The van der Waals surface area contributed by atoms with Crippen LogP contribution in [-0.4, -0.2) is 34.8 Å². The van der Waals surface area contributed by atoms with Gasteiger partial charge in [-0.25, -0.2) is 0 Å². The lowest BCUT2D eigenvalue weighted by Gasteiger charge is -2.45. The maximum atomic E-state index is 12.6. The topological polar surface area (TPSA) is 49.4 Å². The van der Waals surface area contributed by atoms with Crippen molar-refractivity contribution in [2.75, 3.05) is 6.54 Å².